The van der Waals surface area contributed by atoms with Gasteiger partial charge in [0, 0.05) is 5.57 Å². The van der Waals surface area contributed by atoms with Gasteiger partial charge in [-0.2, -0.15) is 0 Å². The summed E-state index contributed by atoms with van der Waals surface area (Å²) in [6.07, 6.45) is -0.128. The Labute approximate surface area is 154 Å². The van der Waals surface area contributed by atoms with Crippen LogP contribution in [-0.4, -0.2) is 43.6 Å². The normalized spacial score (nSPS) is 11.2. The number of hydrogen-bond donors (Lipinski definition) is 0. The molecule has 1 aromatic carbocycles. The Kier molecular flexibility index (Phi) is 8.13. The zero-order valence-electron chi connectivity index (χ0n) is 14.2. The lowest BCUT2D eigenvalue weighted by Gasteiger charge is -2.11. The molecule has 0 saturated heterocycles. The summed E-state index contributed by atoms with van der Waals surface area (Å²) in [6.45, 7) is 4.63. The maximum atomic E-state index is 11.9. The maximum Gasteiger partial charge on any atom is 0.333 e. The van der Waals surface area contributed by atoms with Gasteiger partial charge in [-0.05, 0) is 24.6 Å². The SMILES string of the molecule is C=C(C)C(=O)OCC(Br)C(=O)OC(=O)Cc1ccc(OC)c(OC)c1. The van der Waals surface area contributed by atoms with Crippen LogP contribution in [0.5, 0.6) is 11.5 Å². The Balaban J connectivity index is 2.57. The first-order valence-corrected chi connectivity index (χ1v) is 8.12. The van der Waals surface area contributed by atoms with E-state index >= 15 is 0 Å². The van der Waals surface area contributed by atoms with Gasteiger partial charge >= 0.3 is 17.9 Å². The van der Waals surface area contributed by atoms with Gasteiger partial charge in [0.2, 0.25) is 0 Å². The summed E-state index contributed by atoms with van der Waals surface area (Å²) in [5, 5.41) is 0. The van der Waals surface area contributed by atoms with Crippen molar-refractivity contribution >= 4 is 33.8 Å². The molecule has 0 aliphatic rings. The Morgan fingerprint density at radius 2 is 1.80 bits per heavy atom. The fraction of sp³-hybridized carbons (Fsp3) is 0.353. The third-order valence-corrected chi connectivity index (χ3v) is 3.61. The van der Waals surface area contributed by atoms with Gasteiger partial charge in [-0.1, -0.05) is 28.6 Å². The molecule has 0 spiro atoms. The van der Waals surface area contributed by atoms with Crippen molar-refractivity contribution in [3.8, 4) is 11.5 Å². The van der Waals surface area contributed by atoms with E-state index in [2.05, 4.69) is 22.5 Å². The van der Waals surface area contributed by atoms with Gasteiger partial charge in [0.25, 0.3) is 0 Å². The molecule has 0 bridgehead atoms. The molecule has 0 aromatic heterocycles. The minimum absolute atomic E-state index is 0.128. The summed E-state index contributed by atoms with van der Waals surface area (Å²) < 4.78 is 19.8. The quantitative estimate of drug-likeness (QED) is 0.278. The first kappa shape index (κ1) is 20.7. The largest absolute Gasteiger partial charge is 0.493 e. The van der Waals surface area contributed by atoms with Crippen molar-refractivity contribution < 1.29 is 33.3 Å². The number of hydrogen-bond acceptors (Lipinski definition) is 7. The zero-order valence-corrected chi connectivity index (χ0v) is 15.8. The fourth-order valence-corrected chi connectivity index (χ4v) is 1.94. The molecule has 0 N–H and O–H groups in total. The van der Waals surface area contributed by atoms with Crippen molar-refractivity contribution in [2.45, 2.75) is 18.2 Å². The summed E-state index contributed by atoms with van der Waals surface area (Å²) in [5.74, 6) is -1.23. The molecular weight excluding hydrogens is 396 g/mol. The molecule has 0 radical (unpaired) electrons. The Morgan fingerprint density at radius 3 is 2.36 bits per heavy atom. The minimum Gasteiger partial charge on any atom is -0.493 e. The predicted molar refractivity (Wildman–Crippen MR) is 92.8 cm³/mol. The van der Waals surface area contributed by atoms with Crippen LogP contribution >= 0.6 is 15.9 Å². The Hall–Kier alpha value is -2.35. The maximum absolute atomic E-state index is 11.9. The van der Waals surface area contributed by atoms with Crippen LogP contribution in [0.25, 0.3) is 0 Å². The van der Waals surface area contributed by atoms with Gasteiger partial charge in [-0.25, -0.2) is 4.79 Å². The molecule has 0 aliphatic heterocycles. The number of halogens is 1. The Morgan fingerprint density at radius 1 is 1.16 bits per heavy atom. The standard InChI is InChI=1S/C17H19BrO7/c1-10(2)16(20)24-9-12(18)17(21)25-15(19)8-11-5-6-13(22-3)14(7-11)23-4/h5-7,12H,1,8-9H2,2-4H3. The lowest BCUT2D eigenvalue weighted by atomic mass is 10.1. The number of ether oxygens (including phenoxy) is 4. The monoisotopic (exact) mass is 414 g/mol. The highest BCUT2D eigenvalue weighted by atomic mass is 79.9. The summed E-state index contributed by atoms with van der Waals surface area (Å²) in [6, 6.07) is 4.92. The van der Waals surface area contributed by atoms with Crippen molar-refractivity contribution in [3.05, 3.63) is 35.9 Å². The summed E-state index contributed by atoms with van der Waals surface area (Å²) in [4.78, 5) is 34.0. The molecule has 1 unspecified atom stereocenters. The van der Waals surface area contributed by atoms with E-state index in [4.69, 9.17) is 18.9 Å². The van der Waals surface area contributed by atoms with Crippen molar-refractivity contribution in [1.82, 2.24) is 0 Å². The lowest BCUT2D eigenvalue weighted by molar-refractivity contribution is -0.159. The topological polar surface area (TPSA) is 88.1 Å². The van der Waals surface area contributed by atoms with Crippen LogP contribution < -0.4 is 9.47 Å². The number of rotatable bonds is 8. The summed E-state index contributed by atoms with van der Waals surface area (Å²) >= 11 is 3.01. The molecule has 136 valence electrons. The second-order valence-electron chi connectivity index (χ2n) is 5.01. The molecule has 1 rings (SSSR count). The van der Waals surface area contributed by atoms with Crippen LogP contribution in [0.1, 0.15) is 12.5 Å². The molecule has 0 heterocycles. The van der Waals surface area contributed by atoms with E-state index in [9.17, 15) is 14.4 Å². The summed E-state index contributed by atoms with van der Waals surface area (Å²) in [5.41, 5.74) is 0.799. The third-order valence-electron chi connectivity index (χ3n) is 2.98. The van der Waals surface area contributed by atoms with Crippen molar-refractivity contribution in [2.24, 2.45) is 0 Å². The molecule has 7 nitrogen and oxygen atoms in total. The average Bonchev–Trinajstić information content (AvgIpc) is 2.58. The highest BCUT2D eigenvalue weighted by Gasteiger charge is 2.22. The highest BCUT2D eigenvalue weighted by Crippen LogP contribution is 2.27. The fourth-order valence-electron chi connectivity index (χ4n) is 1.71. The molecule has 0 aliphatic carbocycles. The van der Waals surface area contributed by atoms with Crippen LogP contribution in [0.2, 0.25) is 0 Å². The van der Waals surface area contributed by atoms with Crippen LogP contribution in [0.3, 0.4) is 0 Å². The van der Waals surface area contributed by atoms with Crippen LogP contribution in [0, 0.1) is 0 Å². The highest BCUT2D eigenvalue weighted by molar-refractivity contribution is 9.10. The van der Waals surface area contributed by atoms with E-state index in [1.165, 1.54) is 21.1 Å². The van der Waals surface area contributed by atoms with Crippen LogP contribution in [0.4, 0.5) is 0 Å². The second-order valence-corrected chi connectivity index (χ2v) is 6.11. The van der Waals surface area contributed by atoms with Gasteiger partial charge in [-0.15, -0.1) is 0 Å². The van der Waals surface area contributed by atoms with Gasteiger partial charge in [0.15, 0.2) is 11.5 Å². The van der Waals surface area contributed by atoms with Gasteiger partial charge in [-0.3, -0.25) is 9.59 Å². The molecule has 0 saturated carbocycles. The number of methoxy groups -OCH3 is 2. The Bertz CT molecular complexity index is 669. The van der Waals surface area contributed by atoms with Gasteiger partial charge in [0.05, 0.1) is 20.6 Å². The average molecular weight is 415 g/mol. The van der Waals surface area contributed by atoms with E-state index in [-0.39, 0.29) is 18.6 Å². The molecule has 0 amide bonds. The van der Waals surface area contributed by atoms with Crippen molar-refractivity contribution in [1.29, 1.82) is 0 Å². The van der Waals surface area contributed by atoms with Crippen LogP contribution in [0.15, 0.2) is 30.4 Å². The first-order valence-electron chi connectivity index (χ1n) is 7.20. The van der Waals surface area contributed by atoms with E-state index in [1.54, 1.807) is 18.2 Å². The lowest BCUT2D eigenvalue weighted by Crippen LogP contribution is -2.27. The molecule has 0 fully saturated rings. The summed E-state index contributed by atoms with van der Waals surface area (Å²) in [7, 11) is 2.98. The third kappa shape index (κ3) is 6.58. The van der Waals surface area contributed by atoms with E-state index in [0.29, 0.717) is 17.1 Å². The minimum atomic E-state index is -0.954. The number of benzene rings is 1. The van der Waals surface area contributed by atoms with Crippen molar-refractivity contribution in [2.75, 3.05) is 20.8 Å². The van der Waals surface area contributed by atoms with Crippen LogP contribution in [-0.2, 0) is 30.3 Å². The molecule has 8 heteroatoms. The van der Waals surface area contributed by atoms with E-state index < -0.39 is 22.7 Å². The smallest absolute Gasteiger partial charge is 0.333 e. The van der Waals surface area contributed by atoms with E-state index in [0.717, 1.165) is 0 Å². The van der Waals surface area contributed by atoms with E-state index in [1.807, 2.05) is 0 Å². The zero-order chi connectivity index (χ0) is 19.0. The van der Waals surface area contributed by atoms with Gasteiger partial charge < -0.3 is 18.9 Å². The molecule has 1 atom stereocenters. The second kappa shape index (κ2) is 9.83. The number of carbonyl (C=O) groups excluding carboxylic acids is 3. The molecule has 25 heavy (non-hydrogen) atoms. The predicted octanol–water partition coefficient (Wildman–Crippen LogP) is 2.20. The molecular formula is C17H19BrO7. The molecule has 1 aromatic rings. The number of carbonyl (C=O) groups is 3. The number of alkyl halides is 1. The first-order chi connectivity index (χ1) is 11.8. The van der Waals surface area contributed by atoms with Crippen molar-refractivity contribution in [3.63, 3.8) is 0 Å². The van der Waals surface area contributed by atoms with Gasteiger partial charge in [0.1, 0.15) is 11.4 Å². The number of esters is 3.